The largest absolute Gasteiger partial charge is 0.465 e. The van der Waals surface area contributed by atoms with Crippen LogP contribution in [-0.4, -0.2) is 13.1 Å². The molecule has 0 bridgehead atoms. The summed E-state index contributed by atoms with van der Waals surface area (Å²) >= 11 is 0. The van der Waals surface area contributed by atoms with E-state index in [1.54, 1.807) is 0 Å². The highest BCUT2D eigenvalue weighted by atomic mass is 19.2. The number of ether oxygens (including phenoxy) is 1. The van der Waals surface area contributed by atoms with Gasteiger partial charge >= 0.3 is 5.97 Å². The van der Waals surface area contributed by atoms with Gasteiger partial charge in [0, 0.05) is 5.56 Å². The number of hydrogen-bond donors (Lipinski definition) is 0. The van der Waals surface area contributed by atoms with E-state index in [0.717, 1.165) is 7.11 Å². The number of carbonyl (C=O) groups excluding carboxylic acids is 1. The van der Waals surface area contributed by atoms with Crippen LogP contribution in [0.1, 0.15) is 15.9 Å². The lowest BCUT2D eigenvalue weighted by Gasteiger charge is -2.08. The van der Waals surface area contributed by atoms with E-state index in [1.165, 1.54) is 6.07 Å². The normalized spacial score (nSPS) is 9.88. The zero-order chi connectivity index (χ0) is 13.2. The minimum Gasteiger partial charge on any atom is -0.465 e. The van der Waals surface area contributed by atoms with Crippen molar-refractivity contribution in [2.75, 3.05) is 7.11 Å². The lowest BCUT2D eigenvalue weighted by molar-refractivity contribution is 0.0586. The van der Waals surface area contributed by atoms with Crippen molar-refractivity contribution in [1.82, 2.24) is 0 Å². The van der Waals surface area contributed by atoms with Crippen molar-refractivity contribution in [3.05, 3.63) is 34.4 Å². The fourth-order valence-electron chi connectivity index (χ4n) is 1.19. The zero-order valence-electron chi connectivity index (χ0n) is 8.48. The molecule has 7 heteroatoms. The molecular formula is C10H5F4NO2. The molecule has 0 unspecified atom stereocenters. The van der Waals surface area contributed by atoms with Crippen LogP contribution >= 0.6 is 0 Å². The number of rotatable bonds is 2. The first-order valence-corrected chi connectivity index (χ1v) is 4.25. The monoisotopic (exact) mass is 247 g/mol. The Morgan fingerprint density at radius 1 is 1.18 bits per heavy atom. The molecule has 0 heterocycles. The van der Waals surface area contributed by atoms with Gasteiger partial charge in [0.2, 0.25) is 0 Å². The number of halogens is 4. The molecule has 1 rings (SSSR count). The molecule has 3 nitrogen and oxygen atoms in total. The number of benzene rings is 1. The summed E-state index contributed by atoms with van der Waals surface area (Å²) in [6.07, 6.45) is -0.854. The number of hydrogen-bond acceptors (Lipinski definition) is 3. The molecule has 0 fully saturated rings. The smallest absolute Gasteiger partial charge is 0.344 e. The second-order valence-electron chi connectivity index (χ2n) is 2.94. The molecule has 0 amide bonds. The van der Waals surface area contributed by atoms with Crippen molar-refractivity contribution in [3.63, 3.8) is 0 Å². The number of nitrogens with zero attached hydrogens (tertiary/aromatic N) is 1. The van der Waals surface area contributed by atoms with Crippen LogP contribution in [0.15, 0.2) is 0 Å². The summed E-state index contributed by atoms with van der Waals surface area (Å²) in [6, 6.07) is 1.35. The Bertz CT molecular complexity index is 493. The Kier molecular flexibility index (Phi) is 3.68. The fourth-order valence-corrected chi connectivity index (χ4v) is 1.19. The molecule has 0 N–H and O–H groups in total. The zero-order valence-corrected chi connectivity index (χ0v) is 8.48. The fraction of sp³-hybridized carbons (Fsp3) is 0.200. The van der Waals surface area contributed by atoms with Crippen LogP contribution < -0.4 is 0 Å². The molecule has 0 saturated carbocycles. The summed E-state index contributed by atoms with van der Waals surface area (Å²) in [4.78, 5) is 10.9. The van der Waals surface area contributed by atoms with Gasteiger partial charge in [-0.2, -0.15) is 5.26 Å². The molecular weight excluding hydrogens is 242 g/mol. The quantitative estimate of drug-likeness (QED) is 0.456. The second-order valence-corrected chi connectivity index (χ2v) is 2.94. The summed E-state index contributed by atoms with van der Waals surface area (Å²) in [6.45, 7) is 0. The Morgan fingerprint density at radius 3 is 2.00 bits per heavy atom. The van der Waals surface area contributed by atoms with Gasteiger partial charge in [0.25, 0.3) is 0 Å². The number of esters is 1. The molecule has 0 aliphatic rings. The van der Waals surface area contributed by atoms with Gasteiger partial charge in [0.15, 0.2) is 23.3 Å². The second kappa shape index (κ2) is 4.82. The van der Waals surface area contributed by atoms with Crippen molar-refractivity contribution in [3.8, 4) is 6.07 Å². The van der Waals surface area contributed by atoms with Gasteiger partial charge in [0.05, 0.1) is 19.6 Å². The van der Waals surface area contributed by atoms with Crippen LogP contribution in [0.5, 0.6) is 0 Å². The molecule has 0 saturated heterocycles. The summed E-state index contributed by atoms with van der Waals surface area (Å²) in [5, 5.41) is 8.26. The Morgan fingerprint density at radius 2 is 1.65 bits per heavy atom. The summed E-state index contributed by atoms with van der Waals surface area (Å²) in [5.41, 5.74) is -2.51. The van der Waals surface area contributed by atoms with Crippen LogP contribution in [0.2, 0.25) is 0 Å². The molecule has 0 aromatic heterocycles. The topological polar surface area (TPSA) is 50.1 Å². The van der Waals surface area contributed by atoms with Crippen LogP contribution in [0.4, 0.5) is 17.6 Å². The third-order valence-electron chi connectivity index (χ3n) is 2.00. The Labute approximate surface area is 93.2 Å². The van der Waals surface area contributed by atoms with Crippen LogP contribution in [-0.2, 0) is 11.2 Å². The minimum atomic E-state index is -1.87. The van der Waals surface area contributed by atoms with Gasteiger partial charge in [-0.15, -0.1) is 0 Å². The highest BCUT2D eigenvalue weighted by Crippen LogP contribution is 2.24. The molecule has 0 spiro atoms. The highest BCUT2D eigenvalue weighted by molar-refractivity contribution is 5.90. The van der Waals surface area contributed by atoms with E-state index >= 15 is 0 Å². The Balaban J connectivity index is 3.59. The van der Waals surface area contributed by atoms with E-state index in [-0.39, 0.29) is 0 Å². The number of carbonyl (C=O) groups is 1. The third kappa shape index (κ3) is 2.06. The van der Waals surface area contributed by atoms with Crippen LogP contribution in [0, 0.1) is 34.6 Å². The average molecular weight is 247 g/mol. The van der Waals surface area contributed by atoms with Crippen LogP contribution in [0.25, 0.3) is 0 Å². The lowest BCUT2D eigenvalue weighted by Crippen LogP contribution is -2.14. The molecule has 90 valence electrons. The predicted octanol–water partition coefficient (Wildman–Crippen LogP) is 2.10. The van der Waals surface area contributed by atoms with E-state index in [0.29, 0.717) is 0 Å². The van der Waals surface area contributed by atoms with E-state index in [1.807, 2.05) is 0 Å². The van der Waals surface area contributed by atoms with Gasteiger partial charge in [-0.3, -0.25) is 0 Å². The molecule has 1 aromatic rings. The van der Waals surface area contributed by atoms with Crippen LogP contribution in [0.3, 0.4) is 0 Å². The van der Waals surface area contributed by atoms with Crippen molar-refractivity contribution >= 4 is 5.97 Å². The molecule has 17 heavy (non-hydrogen) atoms. The van der Waals surface area contributed by atoms with Gasteiger partial charge in [-0.25, -0.2) is 22.4 Å². The van der Waals surface area contributed by atoms with Gasteiger partial charge in [0.1, 0.15) is 5.56 Å². The molecule has 0 radical (unpaired) electrons. The first kappa shape index (κ1) is 13.0. The number of methoxy groups -OCH3 is 1. The van der Waals surface area contributed by atoms with Crippen molar-refractivity contribution < 1.29 is 27.1 Å². The lowest BCUT2D eigenvalue weighted by atomic mass is 10.1. The van der Waals surface area contributed by atoms with Gasteiger partial charge < -0.3 is 4.74 Å². The average Bonchev–Trinajstić information content (AvgIpc) is 2.32. The van der Waals surface area contributed by atoms with E-state index in [9.17, 15) is 22.4 Å². The maximum Gasteiger partial charge on any atom is 0.344 e. The standard InChI is InChI=1S/C10H5F4NO2/c1-17-10(16)5-8(13)6(11)4(2-3-15)7(12)9(5)14/h2H2,1H3. The molecule has 0 aliphatic carbocycles. The Hall–Kier alpha value is -2.10. The SMILES string of the molecule is COC(=O)c1c(F)c(F)c(CC#N)c(F)c1F. The first-order chi connectivity index (χ1) is 7.95. The summed E-state index contributed by atoms with van der Waals surface area (Å²) in [7, 11) is 0.806. The molecule has 0 atom stereocenters. The van der Waals surface area contributed by atoms with Gasteiger partial charge in [-0.05, 0) is 0 Å². The highest BCUT2D eigenvalue weighted by Gasteiger charge is 2.29. The summed E-state index contributed by atoms with van der Waals surface area (Å²) < 4.78 is 57.0. The first-order valence-electron chi connectivity index (χ1n) is 4.25. The van der Waals surface area contributed by atoms with Crippen molar-refractivity contribution in [2.45, 2.75) is 6.42 Å². The molecule has 1 aromatic carbocycles. The van der Waals surface area contributed by atoms with Gasteiger partial charge in [-0.1, -0.05) is 0 Å². The van der Waals surface area contributed by atoms with E-state index < -0.39 is 46.8 Å². The maximum absolute atomic E-state index is 13.3. The third-order valence-corrected chi connectivity index (χ3v) is 2.00. The number of nitriles is 1. The predicted molar refractivity (Wildman–Crippen MR) is 46.9 cm³/mol. The van der Waals surface area contributed by atoms with E-state index in [2.05, 4.69) is 4.74 Å². The maximum atomic E-state index is 13.3. The van der Waals surface area contributed by atoms with E-state index in [4.69, 9.17) is 5.26 Å². The van der Waals surface area contributed by atoms with Crippen molar-refractivity contribution in [1.29, 1.82) is 5.26 Å². The molecule has 0 aliphatic heterocycles. The summed E-state index contributed by atoms with van der Waals surface area (Å²) in [5.74, 6) is -8.83. The van der Waals surface area contributed by atoms with Crippen molar-refractivity contribution in [2.24, 2.45) is 0 Å². The minimum absolute atomic E-state index is 0.806.